The van der Waals surface area contributed by atoms with Gasteiger partial charge in [0.2, 0.25) is 6.41 Å². The number of benzene rings is 1. The topological polar surface area (TPSA) is 85.9 Å². The van der Waals surface area contributed by atoms with Crippen molar-refractivity contribution in [3.63, 3.8) is 0 Å². The number of amides is 1. The van der Waals surface area contributed by atoms with E-state index in [2.05, 4.69) is 4.98 Å². The van der Waals surface area contributed by atoms with E-state index < -0.39 is 15.8 Å². The molecule has 1 aliphatic rings. The van der Waals surface area contributed by atoms with Crippen molar-refractivity contribution in [2.45, 2.75) is 45.8 Å². The first-order valence-corrected chi connectivity index (χ1v) is 11.2. The number of aromatic nitrogens is 1. The average molecular weight is 423 g/mol. The van der Waals surface area contributed by atoms with Gasteiger partial charge in [-0.05, 0) is 56.9 Å². The van der Waals surface area contributed by atoms with E-state index in [-0.39, 0.29) is 0 Å². The summed E-state index contributed by atoms with van der Waals surface area (Å²) in [6, 6.07) is 5.95. The third kappa shape index (κ3) is 5.16. The molecule has 9 heteroatoms. The van der Waals surface area contributed by atoms with E-state index in [9.17, 15) is 13.2 Å². The summed E-state index contributed by atoms with van der Waals surface area (Å²) in [6.07, 6.45) is 4.08. The maximum Gasteiger partial charge on any atom is 0.282 e. The van der Waals surface area contributed by atoms with E-state index in [4.69, 9.17) is 4.84 Å². The molecule has 1 aliphatic heterocycles. The third-order valence-corrected chi connectivity index (χ3v) is 6.84. The summed E-state index contributed by atoms with van der Waals surface area (Å²) in [5, 5.41) is 2.35. The van der Waals surface area contributed by atoms with E-state index in [1.165, 1.54) is 13.7 Å². The number of hydrogen-bond acceptors (Lipinski definition) is 4. The smallest absolute Gasteiger partial charge is 0.282 e. The van der Waals surface area contributed by atoms with Crippen LogP contribution in [0, 0.1) is 0 Å². The summed E-state index contributed by atoms with van der Waals surface area (Å²) in [5.74, 6) is 0. The summed E-state index contributed by atoms with van der Waals surface area (Å²) in [7, 11) is -1.78. The molecule has 0 saturated carbocycles. The largest absolute Gasteiger partial charge is 0.361 e. The zero-order chi connectivity index (χ0) is 21.2. The molecule has 0 bridgehead atoms. The van der Waals surface area contributed by atoms with Crippen LogP contribution >= 0.6 is 0 Å². The molecule has 0 spiro atoms. The van der Waals surface area contributed by atoms with Gasteiger partial charge in [0.1, 0.15) is 0 Å². The predicted octanol–water partition coefficient (Wildman–Crippen LogP) is 2.28. The number of aromatic amines is 1. The second kappa shape index (κ2) is 8.43. The van der Waals surface area contributed by atoms with Gasteiger partial charge in [-0.3, -0.25) is 9.63 Å². The van der Waals surface area contributed by atoms with Gasteiger partial charge in [-0.15, -0.1) is 0 Å². The Kier molecular flexibility index (Phi) is 6.33. The van der Waals surface area contributed by atoms with Gasteiger partial charge in [-0.25, -0.2) is 5.06 Å². The molecule has 0 radical (unpaired) electrons. The Labute approximate surface area is 172 Å². The quantitative estimate of drug-likeness (QED) is 0.548. The van der Waals surface area contributed by atoms with Crippen LogP contribution in [-0.4, -0.2) is 65.8 Å². The summed E-state index contributed by atoms with van der Waals surface area (Å²) in [5.41, 5.74) is 2.54. The van der Waals surface area contributed by atoms with Crippen molar-refractivity contribution < 1.29 is 18.0 Å². The van der Waals surface area contributed by atoms with Gasteiger partial charge in [0.25, 0.3) is 10.2 Å². The van der Waals surface area contributed by atoms with Gasteiger partial charge in [0.05, 0.1) is 12.1 Å². The van der Waals surface area contributed by atoms with Gasteiger partial charge < -0.3 is 4.98 Å². The highest BCUT2D eigenvalue weighted by molar-refractivity contribution is 7.86. The van der Waals surface area contributed by atoms with Crippen LogP contribution in [0.4, 0.5) is 0 Å². The first-order valence-electron chi connectivity index (χ1n) is 9.81. The Morgan fingerprint density at radius 1 is 1.28 bits per heavy atom. The SMILES string of the molecule is CN1CCCN(Cc2ccc3[nH]cc(CCN(C=O)OC(C)(C)C)c3c2)S1(=O)=O. The van der Waals surface area contributed by atoms with Crippen LogP contribution in [0.1, 0.15) is 38.3 Å². The van der Waals surface area contributed by atoms with Crippen molar-refractivity contribution in [1.29, 1.82) is 0 Å². The lowest BCUT2D eigenvalue weighted by atomic mass is 10.1. The third-order valence-electron chi connectivity index (χ3n) is 4.90. The van der Waals surface area contributed by atoms with Gasteiger partial charge in [-0.2, -0.15) is 17.0 Å². The number of fused-ring (bicyclic) bond motifs is 1. The Morgan fingerprint density at radius 2 is 2.03 bits per heavy atom. The maximum atomic E-state index is 12.5. The fourth-order valence-corrected chi connectivity index (χ4v) is 4.92. The molecule has 8 nitrogen and oxygen atoms in total. The molecular weight excluding hydrogens is 392 g/mol. The number of carbonyl (C=O) groups excluding carboxylic acids is 1. The fraction of sp³-hybridized carbons (Fsp3) is 0.550. The van der Waals surface area contributed by atoms with E-state index >= 15 is 0 Å². The van der Waals surface area contributed by atoms with E-state index in [0.29, 0.717) is 39.0 Å². The summed E-state index contributed by atoms with van der Waals surface area (Å²) in [6.45, 7) is 7.56. The molecule has 0 unspecified atom stereocenters. The zero-order valence-electron chi connectivity index (χ0n) is 17.5. The number of hydrogen-bond donors (Lipinski definition) is 1. The average Bonchev–Trinajstić information content (AvgIpc) is 3.04. The standard InChI is InChI=1S/C20H30N4O4S/c1-20(2,3)28-23(15-25)11-8-17-13-21-19-7-6-16(12-18(17)19)14-24-10-5-9-22(4)29(24,26)27/h6-7,12-13,15,21H,5,8-11,14H2,1-4H3. The van der Waals surface area contributed by atoms with Crippen LogP contribution in [-0.2, 0) is 32.8 Å². The van der Waals surface area contributed by atoms with Crippen molar-refractivity contribution in [2.24, 2.45) is 0 Å². The molecular formula is C20H30N4O4S. The number of hydroxylamine groups is 2. The van der Waals surface area contributed by atoms with Gasteiger partial charge in [0.15, 0.2) is 0 Å². The van der Waals surface area contributed by atoms with Crippen LogP contribution < -0.4 is 0 Å². The Morgan fingerprint density at radius 3 is 2.72 bits per heavy atom. The zero-order valence-corrected chi connectivity index (χ0v) is 18.3. The van der Waals surface area contributed by atoms with Crippen LogP contribution in [0.25, 0.3) is 10.9 Å². The second-order valence-corrected chi connectivity index (χ2v) is 10.4. The number of nitrogens with one attached hydrogen (secondary N) is 1. The van der Waals surface area contributed by atoms with Crippen LogP contribution in [0.15, 0.2) is 24.4 Å². The molecule has 2 aromatic rings. The Hall–Kier alpha value is -1.94. The first kappa shape index (κ1) is 21.8. The summed E-state index contributed by atoms with van der Waals surface area (Å²) >= 11 is 0. The minimum absolute atomic E-state index is 0.348. The van der Waals surface area contributed by atoms with Crippen molar-refractivity contribution >= 4 is 27.5 Å². The normalized spacial score (nSPS) is 18.2. The highest BCUT2D eigenvalue weighted by atomic mass is 32.2. The molecule has 3 rings (SSSR count). The highest BCUT2D eigenvalue weighted by Gasteiger charge is 2.30. The highest BCUT2D eigenvalue weighted by Crippen LogP contribution is 2.24. The lowest BCUT2D eigenvalue weighted by Gasteiger charge is -2.32. The summed E-state index contributed by atoms with van der Waals surface area (Å²) < 4.78 is 28.0. The number of nitrogens with zero attached hydrogens (tertiary/aromatic N) is 3. The molecule has 1 N–H and O–H groups in total. The van der Waals surface area contributed by atoms with Crippen LogP contribution in [0.2, 0.25) is 0 Å². The Bertz CT molecular complexity index is 965. The van der Waals surface area contributed by atoms with Crippen molar-refractivity contribution in [3.05, 3.63) is 35.5 Å². The maximum absolute atomic E-state index is 12.5. The number of H-pyrrole nitrogens is 1. The monoisotopic (exact) mass is 422 g/mol. The fourth-order valence-electron chi connectivity index (χ4n) is 3.49. The van der Waals surface area contributed by atoms with Crippen molar-refractivity contribution in [2.75, 3.05) is 26.7 Å². The van der Waals surface area contributed by atoms with E-state index in [1.807, 2.05) is 45.2 Å². The van der Waals surface area contributed by atoms with Gasteiger partial charge in [-0.1, -0.05) is 6.07 Å². The second-order valence-electron chi connectivity index (χ2n) is 8.41. The van der Waals surface area contributed by atoms with Gasteiger partial charge in [0, 0.05) is 43.8 Å². The molecule has 0 atom stereocenters. The number of rotatable bonds is 7. The lowest BCUT2D eigenvalue weighted by molar-refractivity contribution is -0.215. The molecule has 160 valence electrons. The Balaban J connectivity index is 1.75. The van der Waals surface area contributed by atoms with Crippen molar-refractivity contribution in [1.82, 2.24) is 18.7 Å². The van der Waals surface area contributed by atoms with E-state index in [1.54, 1.807) is 7.05 Å². The molecule has 1 fully saturated rings. The summed E-state index contributed by atoms with van der Waals surface area (Å²) in [4.78, 5) is 20.2. The predicted molar refractivity (Wildman–Crippen MR) is 112 cm³/mol. The van der Waals surface area contributed by atoms with Gasteiger partial charge >= 0.3 is 0 Å². The first-order chi connectivity index (χ1) is 13.6. The molecule has 0 aliphatic carbocycles. The minimum atomic E-state index is -3.40. The molecule has 1 aromatic carbocycles. The van der Waals surface area contributed by atoms with E-state index in [0.717, 1.165) is 28.5 Å². The number of carbonyl (C=O) groups is 1. The molecule has 1 saturated heterocycles. The van der Waals surface area contributed by atoms with Crippen LogP contribution in [0.5, 0.6) is 0 Å². The molecule has 2 heterocycles. The molecule has 1 aromatic heterocycles. The van der Waals surface area contributed by atoms with Crippen molar-refractivity contribution in [3.8, 4) is 0 Å². The molecule has 29 heavy (non-hydrogen) atoms. The lowest BCUT2D eigenvalue weighted by Crippen LogP contribution is -2.47. The van der Waals surface area contributed by atoms with Crippen LogP contribution in [0.3, 0.4) is 0 Å². The molecule has 1 amide bonds. The minimum Gasteiger partial charge on any atom is -0.361 e.